The van der Waals surface area contributed by atoms with E-state index in [-0.39, 0.29) is 28.1 Å². The summed E-state index contributed by atoms with van der Waals surface area (Å²) in [6.45, 7) is 0. The highest BCUT2D eigenvalue weighted by Gasteiger charge is 2.20. The van der Waals surface area contributed by atoms with E-state index in [1.807, 2.05) is 6.07 Å². The average molecular weight is 439 g/mol. The highest BCUT2D eigenvalue weighted by molar-refractivity contribution is 7.99. The van der Waals surface area contributed by atoms with Gasteiger partial charge >= 0.3 is 0 Å². The molecule has 3 N–H and O–H groups in total. The van der Waals surface area contributed by atoms with Gasteiger partial charge in [0.25, 0.3) is 5.91 Å². The van der Waals surface area contributed by atoms with E-state index < -0.39 is 17.6 Å². The second-order valence-electron chi connectivity index (χ2n) is 6.05. The van der Waals surface area contributed by atoms with Crippen LogP contribution in [0.15, 0.2) is 59.8 Å². The van der Waals surface area contributed by atoms with Gasteiger partial charge in [0.05, 0.1) is 11.4 Å². The van der Waals surface area contributed by atoms with Crippen molar-refractivity contribution in [2.24, 2.45) is 5.73 Å². The number of halogens is 1. The standard InChI is InChI=1S/C18H14FN9O2S/c19-12-8-4-5-9-13(12)27-18(22-25-26-27)31-10-14(29)21-17-15(16(20)30)23-28(24-17)11-6-2-1-3-7-11/h1-9H,10H2,(H2,20,30)(H,21,24,29). The molecule has 13 heteroatoms. The summed E-state index contributed by atoms with van der Waals surface area (Å²) in [5, 5.41) is 22.0. The van der Waals surface area contributed by atoms with Gasteiger partial charge in [-0.15, -0.1) is 20.1 Å². The number of carbonyl (C=O) groups is 2. The van der Waals surface area contributed by atoms with Crippen LogP contribution in [0, 0.1) is 5.82 Å². The number of hydrogen-bond donors (Lipinski definition) is 2. The number of tetrazole rings is 1. The van der Waals surface area contributed by atoms with Crippen molar-refractivity contribution in [2.45, 2.75) is 5.16 Å². The lowest BCUT2D eigenvalue weighted by atomic mass is 10.3. The van der Waals surface area contributed by atoms with Crippen LogP contribution in [0.2, 0.25) is 0 Å². The van der Waals surface area contributed by atoms with Gasteiger partial charge in [0.15, 0.2) is 11.5 Å². The molecule has 2 amide bonds. The van der Waals surface area contributed by atoms with Gasteiger partial charge in [0, 0.05) is 0 Å². The van der Waals surface area contributed by atoms with E-state index in [9.17, 15) is 14.0 Å². The van der Waals surface area contributed by atoms with Gasteiger partial charge in [-0.1, -0.05) is 42.1 Å². The number of rotatable bonds is 7. The smallest absolute Gasteiger partial charge is 0.273 e. The normalized spacial score (nSPS) is 10.7. The third-order valence-corrected chi connectivity index (χ3v) is 4.87. The van der Waals surface area contributed by atoms with Gasteiger partial charge < -0.3 is 11.1 Å². The Labute approximate surface area is 178 Å². The number of anilines is 1. The lowest BCUT2D eigenvalue weighted by molar-refractivity contribution is -0.113. The van der Waals surface area contributed by atoms with Crippen molar-refractivity contribution in [1.82, 2.24) is 35.2 Å². The van der Waals surface area contributed by atoms with Crippen molar-refractivity contribution in [3.05, 3.63) is 66.1 Å². The first kappa shape index (κ1) is 20.2. The third kappa shape index (κ3) is 4.40. The molecule has 156 valence electrons. The Morgan fingerprint density at radius 2 is 1.81 bits per heavy atom. The number of nitrogens with two attached hydrogens (primary N) is 1. The fourth-order valence-corrected chi connectivity index (χ4v) is 3.26. The Morgan fingerprint density at radius 3 is 2.55 bits per heavy atom. The maximum absolute atomic E-state index is 14.0. The Morgan fingerprint density at radius 1 is 1.06 bits per heavy atom. The number of hydrogen-bond acceptors (Lipinski definition) is 8. The number of aromatic nitrogens is 7. The number of nitrogens with zero attached hydrogens (tertiary/aromatic N) is 7. The summed E-state index contributed by atoms with van der Waals surface area (Å²) in [6.07, 6.45) is 0. The fraction of sp³-hybridized carbons (Fsp3) is 0.0556. The highest BCUT2D eigenvalue weighted by atomic mass is 32.2. The minimum Gasteiger partial charge on any atom is -0.364 e. The molecule has 0 aliphatic heterocycles. The van der Waals surface area contributed by atoms with Gasteiger partial charge in [-0.25, -0.2) is 4.39 Å². The molecule has 2 aromatic heterocycles. The maximum atomic E-state index is 14.0. The first-order chi connectivity index (χ1) is 15.0. The summed E-state index contributed by atoms with van der Waals surface area (Å²) < 4.78 is 15.2. The zero-order chi connectivity index (χ0) is 21.8. The molecule has 0 fully saturated rings. The van der Waals surface area contributed by atoms with E-state index in [0.29, 0.717) is 5.69 Å². The molecule has 0 aliphatic carbocycles. The molecule has 0 radical (unpaired) electrons. The summed E-state index contributed by atoms with van der Waals surface area (Å²) >= 11 is 0.979. The lowest BCUT2D eigenvalue weighted by Crippen LogP contribution is -2.19. The molecule has 0 spiro atoms. The summed E-state index contributed by atoms with van der Waals surface area (Å²) in [4.78, 5) is 25.3. The number of amides is 2. The van der Waals surface area contributed by atoms with Crippen LogP contribution in [0.1, 0.15) is 10.5 Å². The molecule has 4 rings (SSSR count). The van der Waals surface area contributed by atoms with E-state index in [4.69, 9.17) is 5.73 Å². The Kier molecular flexibility index (Phi) is 5.66. The number of thioether (sulfide) groups is 1. The van der Waals surface area contributed by atoms with Crippen molar-refractivity contribution in [2.75, 3.05) is 11.1 Å². The first-order valence-electron chi connectivity index (χ1n) is 8.81. The number of primary amides is 1. The van der Waals surface area contributed by atoms with Crippen LogP contribution in [0.5, 0.6) is 0 Å². The molecule has 0 saturated carbocycles. The number of carbonyl (C=O) groups excluding carboxylic acids is 2. The van der Waals surface area contributed by atoms with E-state index >= 15 is 0 Å². The molecule has 2 aromatic carbocycles. The summed E-state index contributed by atoms with van der Waals surface area (Å²) in [5.74, 6) is -2.06. The minimum absolute atomic E-state index is 0.0735. The maximum Gasteiger partial charge on any atom is 0.273 e. The predicted molar refractivity (Wildman–Crippen MR) is 108 cm³/mol. The number of nitrogens with one attached hydrogen (secondary N) is 1. The Bertz CT molecular complexity index is 1240. The van der Waals surface area contributed by atoms with Crippen molar-refractivity contribution < 1.29 is 14.0 Å². The SMILES string of the molecule is NC(=O)c1nn(-c2ccccc2)nc1NC(=O)CSc1nnnn1-c1ccccc1F. The van der Waals surface area contributed by atoms with Crippen LogP contribution in [0.3, 0.4) is 0 Å². The number of benzene rings is 2. The van der Waals surface area contributed by atoms with Crippen molar-refractivity contribution in [1.29, 1.82) is 0 Å². The van der Waals surface area contributed by atoms with E-state index in [1.165, 1.54) is 21.6 Å². The molecule has 4 aromatic rings. The zero-order valence-electron chi connectivity index (χ0n) is 15.7. The van der Waals surface area contributed by atoms with Gasteiger partial charge in [0.1, 0.15) is 11.5 Å². The molecule has 2 heterocycles. The summed E-state index contributed by atoms with van der Waals surface area (Å²) in [5.41, 5.74) is 5.91. The van der Waals surface area contributed by atoms with Crippen LogP contribution in [0.4, 0.5) is 10.2 Å². The number of para-hydroxylation sites is 2. The second kappa shape index (κ2) is 8.71. The first-order valence-corrected chi connectivity index (χ1v) is 9.80. The lowest BCUT2D eigenvalue weighted by Gasteiger charge is -2.05. The molecular formula is C18H14FN9O2S. The fourth-order valence-electron chi connectivity index (χ4n) is 2.58. The van der Waals surface area contributed by atoms with Gasteiger partial charge in [-0.3, -0.25) is 9.59 Å². The highest BCUT2D eigenvalue weighted by Crippen LogP contribution is 2.20. The van der Waals surface area contributed by atoms with E-state index in [0.717, 1.165) is 11.8 Å². The third-order valence-electron chi connectivity index (χ3n) is 3.95. The van der Waals surface area contributed by atoms with Crippen molar-refractivity contribution in [3.8, 4) is 11.4 Å². The van der Waals surface area contributed by atoms with Gasteiger partial charge in [-0.2, -0.15) is 4.68 Å². The van der Waals surface area contributed by atoms with Gasteiger partial charge in [-0.05, 0) is 34.7 Å². The molecule has 0 unspecified atom stereocenters. The van der Waals surface area contributed by atoms with Crippen LogP contribution in [0.25, 0.3) is 11.4 Å². The largest absolute Gasteiger partial charge is 0.364 e. The molecule has 31 heavy (non-hydrogen) atoms. The Hall–Kier alpha value is -4.13. The summed E-state index contributed by atoms with van der Waals surface area (Å²) in [7, 11) is 0. The van der Waals surface area contributed by atoms with Crippen molar-refractivity contribution in [3.63, 3.8) is 0 Å². The molecule has 11 nitrogen and oxygen atoms in total. The molecular weight excluding hydrogens is 425 g/mol. The molecule has 0 atom stereocenters. The second-order valence-corrected chi connectivity index (χ2v) is 6.99. The quantitative estimate of drug-likeness (QED) is 0.409. The topological polar surface area (TPSA) is 146 Å². The minimum atomic E-state index is -0.839. The Balaban J connectivity index is 1.48. The van der Waals surface area contributed by atoms with E-state index in [1.54, 1.807) is 36.4 Å². The van der Waals surface area contributed by atoms with Crippen LogP contribution >= 0.6 is 11.8 Å². The molecule has 0 aliphatic rings. The predicted octanol–water partition coefficient (Wildman–Crippen LogP) is 1.21. The monoisotopic (exact) mass is 439 g/mol. The van der Waals surface area contributed by atoms with Crippen LogP contribution in [-0.4, -0.2) is 52.8 Å². The molecule has 0 saturated heterocycles. The van der Waals surface area contributed by atoms with Crippen molar-refractivity contribution >= 4 is 29.4 Å². The van der Waals surface area contributed by atoms with Crippen LogP contribution < -0.4 is 11.1 Å². The summed E-state index contributed by atoms with van der Waals surface area (Å²) in [6, 6.07) is 14.8. The molecule has 0 bridgehead atoms. The average Bonchev–Trinajstić information content (AvgIpc) is 3.40. The van der Waals surface area contributed by atoms with E-state index in [2.05, 4.69) is 31.0 Å². The van der Waals surface area contributed by atoms with Gasteiger partial charge in [0.2, 0.25) is 11.1 Å². The van der Waals surface area contributed by atoms with Crippen LogP contribution in [-0.2, 0) is 4.79 Å². The zero-order valence-corrected chi connectivity index (χ0v) is 16.5.